The molecule has 0 aliphatic carbocycles. The highest BCUT2D eigenvalue weighted by Crippen LogP contribution is 2.20. The topological polar surface area (TPSA) is 38.3 Å². The van der Waals surface area contributed by atoms with Gasteiger partial charge in [0.15, 0.2) is 6.61 Å². The summed E-state index contributed by atoms with van der Waals surface area (Å²) >= 11 is 5.92. The molecule has 0 radical (unpaired) electrons. The molecular formula is C17H17ClFNO2. The monoisotopic (exact) mass is 321 g/mol. The summed E-state index contributed by atoms with van der Waals surface area (Å²) < 4.78 is 18.8. The van der Waals surface area contributed by atoms with E-state index in [-0.39, 0.29) is 18.3 Å². The molecule has 116 valence electrons. The number of ether oxygens (including phenoxy) is 1. The first-order valence-corrected chi connectivity index (χ1v) is 7.33. The number of benzene rings is 2. The van der Waals surface area contributed by atoms with Crippen LogP contribution in [-0.2, 0) is 11.2 Å². The van der Waals surface area contributed by atoms with Crippen LogP contribution in [0.2, 0.25) is 5.02 Å². The third-order valence-corrected chi connectivity index (χ3v) is 3.60. The summed E-state index contributed by atoms with van der Waals surface area (Å²) in [6.07, 6.45) is 0.443. The van der Waals surface area contributed by atoms with E-state index in [2.05, 4.69) is 5.32 Å². The minimum atomic E-state index is -0.260. The lowest BCUT2D eigenvalue weighted by atomic mass is 10.1. The van der Waals surface area contributed by atoms with Crippen molar-refractivity contribution in [1.82, 2.24) is 5.32 Å². The maximum atomic E-state index is 13.4. The van der Waals surface area contributed by atoms with Crippen molar-refractivity contribution in [2.75, 3.05) is 13.2 Å². The Bertz CT molecular complexity index is 661. The largest absolute Gasteiger partial charge is 0.484 e. The second-order valence-electron chi connectivity index (χ2n) is 4.89. The molecule has 0 aliphatic heterocycles. The number of nitrogens with one attached hydrogen (secondary N) is 1. The highest BCUT2D eigenvalue weighted by molar-refractivity contribution is 6.31. The van der Waals surface area contributed by atoms with Crippen LogP contribution in [0.25, 0.3) is 0 Å². The summed E-state index contributed by atoms with van der Waals surface area (Å²) in [5.74, 6) is 0.0831. The number of aryl methyl sites for hydroxylation is 1. The van der Waals surface area contributed by atoms with Gasteiger partial charge >= 0.3 is 0 Å². The second kappa shape index (κ2) is 7.80. The maximum absolute atomic E-state index is 13.4. The number of carbonyl (C=O) groups excluding carboxylic acids is 1. The van der Waals surface area contributed by atoms with Gasteiger partial charge < -0.3 is 10.1 Å². The van der Waals surface area contributed by atoms with Crippen LogP contribution < -0.4 is 10.1 Å². The Labute approximate surface area is 134 Å². The molecule has 2 aromatic rings. The van der Waals surface area contributed by atoms with Gasteiger partial charge in [-0.2, -0.15) is 0 Å². The summed E-state index contributed by atoms with van der Waals surface area (Å²) in [7, 11) is 0. The summed E-state index contributed by atoms with van der Waals surface area (Å²) in [5.41, 5.74) is 1.47. The number of carbonyl (C=O) groups is 1. The lowest BCUT2D eigenvalue weighted by Gasteiger charge is -2.09. The highest BCUT2D eigenvalue weighted by Gasteiger charge is 2.05. The zero-order valence-corrected chi connectivity index (χ0v) is 13.0. The minimum Gasteiger partial charge on any atom is -0.484 e. The van der Waals surface area contributed by atoms with Crippen molar-refractivity contribution in [3.8, 4) is 5.75 Å². The quantitative estimate of drug-likeness (QED) is 0.884. The van der Waals surface area contributed by atoms with Gasteiger partial charge in [0.1, 0.15) is 11.6 Å². The average Bonchev–Trinajstić information content (AvgIpc) is 2.50. The van der Waals surface area contributed by atoms with Crippen LogP contribution in [0.15, 0.2) is 42.5 Å². The molecule has 0 fully saturated rings. The molecule has 0 spiro atoms. The Kier molecular flexibility index (Phi) is 5.78. The first kappa shape index (κ1) is 16.3. The molecule has 5 heteroatoms. The van der Waals surface area contributed by atoms with Crippen LogP contribution in [0.4, 0.5) is 4.39 Å². The third kappa shape index (κ3) is 4.74. The Morgan fingerprint density at radius 2 is 2.05 bits per heavy atom. The molecular weight excluding hydrogens is 305 g/mol. The van der Waals surface area contributed by atoms with Gasteiger partial charge in [0, 0.05) is 11.6 Å². The molecule has 0 bridgehead atoms. The summed E-state index contributed by atoms with van der Waals surface area (Å²) in [4.78, 5) is 11.7. The fraction of sp³-hybridized carbons (Fsp3) is 0.235. The van der Waals surface area contributed by atoms with Crippen molar-refractivity contribution in [1.29, 1.82) is 0 Å². The summed E-state index contributed by atoms with van der Waals surface area (Å²) in [6.45, 7) is 2.14. The third-order valence-electron chi connectivity index (χ3n) is 3.17. The fourth-order valence-electron chi connectivity index (χ4n) is 1.94. The Balaban J connectivity index is 1.74. The normalized spacial score (nSPS) is 10.3. The molecule has 1 amide bonds. The zero-order valence-electron chi connectivity index (χ0n) is 12.2. The predicted octanol–water partition coefficient (Wildman–Crippen LogP) is 3.53. The first-order chi connectivity index (χ1) is 10.6. The molecule has 0 aromatic heterocycles. The van der Waals surface area contributed by atoms with E-state index in [0.29, 0.717) is 29.3 Å². The van der Waals surface area contributed by atoms with E-state index < -0.39 is 0 Å². The smallest absolute Gasteiger partial charge is 0.257 e. The minimum absolute atomic E-state index is 0.0850. The molecule has 0 unspecified atom stereocenters. The summed E-state index contributed by atoms with van der Waals surface area (Å²) in [6, 6.07) is 11.7. The second-order valence-corrected chi connectivity index (χ2v) is 5.30. The molecule has 0 saturated heterocycles. The fourth-order valence-corrected chi connectivity index (χ4v) is 2.06. The average molecular weight is 322 g/mol. The van der Waals surface area contributed by atoms with E-state index in [1.165, 1.54) is 6.07 Å². The van der Waals surface area contributed by atoms with Crippen LogP contribution in [0.5, 0.6) is 5.75 Å². The van der Waals surface area contributed by atoms with Crippen LogP contribution in [0.3, 0.4) is 0 Å². The van der Waals surface area contributed by atoms with Gasteiger partial charge in [-0.1, -0.05) is 29.8 Å². The van der Waals surface area contributed by atoms with Crippen molar-refractivity contribution in [3.63, 3.8) is 0 Å². The molecule has 0 atom stereocenters. The molecule has 22 heavy (non-hydrogen) atoms. The van der Waals surface area contributed by atoms with Gasteiger partial charge in [0.2, 0.25) is 0 Å². The molecule has 0 aliphatic rings. The van der Waals surface area contributed by atoms with E-state index in [0.717, 1.165) is 5.56 Å². The number of halogens is 2. The van der Waals surface area contributed by atoms with Crippen molar-refractivity contribution in [2.24, 2.45) is 0 Å². The van der Waals surface area contributed by atoms with Gasteiger partial charge in [0.05, 0.1) is 0 Å². The zero-order chi connectivity index (χ0) is 15.9. The number of hydrogen-bond acceptors (Lipinski definition) is 2. The number of amides is 1. The lowest BCUT2D eigenvalue weighted by Crippen LogP contribution is -2.30. The van der Waals surface area contributed by atoms with Gasteiger partial charge in [0.25, 0.3) is 5.91 Å². The molecule has 2 aromatic carbocycles. The van der Waals surface area contributed by atoms with Gasteiger partial charge in [-0.3, -0.25) is 4.79 Å². The van der Waals surface area contributed by atoms with Crippen LogP contribution in [-0.4, -0.2) is 19.1 Å². The van der Waals surface area contributed by atoms with Gasteiger partial charge in [-0.05, 0) is 48.7 Å². The number of hydrogen-bond donors (Lipinski definition) is 1. The maximum Gasteiger partial charge on any atom is 0.257 e. The van der Waals surface area contributed by atoms with E-state index in [1.54, 1.807) is 36.4 Å². The highest BCUT2D eigenvalue weighted by atomic mass is 35.5. The van der Waals surface area contributed by atoms with E-state index in [4.69, 9.17) is 16.3 Å². The Hall–Kier alpha value is -2.07. The van der Waals surface area contributed by atoms with Crippen molar-refractivity contribution >= 4 is 17.5 Å². The van der Waals surface area contributed by atoms with Gasteiger partial charge in [-0.25, -0.2) is 4.39 Å². The Morgan fingerprint density at radius 3 is 2.77 bits per heavy atom. The van der Waals surface area contributed by atoms with E-state index in [1.807, 2.05) is 6.92 Å². The van der Waals surface area contributed by atoms with Crippen molar-refractivity contribution < 1.29 is 13.9 Å². The van der Waals surface area contributed by atoms with E-state index >= 15 is 0 Å². The standard InChI is InChI=1S/C17H17ClFNO2/c1-12-10-14(6-7-15(12)18)22-11-17(21)20-9-8-13-4-2-3-5-16(13)19/h2-7,10H,8-9,11H2,1H3,(H,20,21). The van der Waals surface area contributed by atoms with Crippen molar-refractivity contribution in [2.45, 2.75) is 13.3 Å². The van der Waals surface area contributed by atoms with Gasteiger partial charge in [-0.15, -0.1) is 0 Å². The first-order valence-electron chi connectivity index (χ1n) is 6.95. The van der Waals surface area contributed by atoms with Crippen molar-refractivity contribution in [3.05, 3.63) is 64.4 Å². The summed E-state index contributed by atoms with van der Waals surface area (Å²) in [5, 5.41) is 3.35. The lowest BCUT2D eigenvalue weighted by molar-refractivity contribution is -0.123. The predicted molar refractivity (Wildman–Crippen MR) is 84.8 cm³/mol. The molecule has 1 N–H and O–H groups in total. The molecule has 0 saturated carbocycles. The molecule has 2 rings (SSSR count). The molecule has 0 heterocycles. The Morgan fingerprint density at radius 1 is 1.27 bits per heavy atom. The number of rotatable bonds is 6. The van der Waals surface area contributed by atoms with Crippen LogP contribution >= 0.6 is 11.6 Å². The molecule has 3 nitrogen and oxygen atoms in total. The van der Waals surface area contributed by atoms with Crippen LogP contribution in [0, 0.1) is 12.7 Å². The SMILES string of the molecule is Cc1cc(OCC(=O)NCCc2ccccc2F)ccc1Cl. The van der Waals surface area contributed by atoms with Crippen LogP contribution in [0.1, 0.15) is 11.1 Å². The van der Waals surface area contributed by atoms with E-state index in [9.17, 15) is 9.18 Å².